The fourth-order valence-corrected chi connectivity index (χ4v) is 1.53. The second-order valence-corrected chi connectivity index (χ2v) is 4.28. The van der Waals surface area contributed by atoms with Crippen molar-refractivity contribution in [3.05, 3.63) is 28.9 Å². The first-order chi connectivity index (χ1) is 8.60. The second-order valence-electron chi connectivity index (χ2n) is 3.47. The molecule has 0 saturated carbocycles. The van der Waals surface area contributed by atoms with E-state index in [1.54, 1.807) is 10.9 Å². The van der Waals surface area contributed by atoms with Crippen molar-refractivity contribution in [2.24, 2.45) is 0 Å². The van der Waals surface area contributed by atoms with Crippen LogP contribution in [0.4, 0.5) is 11.5 Å². The Labute approximate surface area is 112 Å². The van der Waals surface area contributed by atoms with Gasteiger partial charge < -0.3 is 11.1 Å². The van der Waals surface area contributed by atoms with E-state index in [9.17, 15) is 4.79 Å². The molecule has 0 bridgehead atoms. The summed E-state index contributed by atoms with van der Waals surface area (Å²) in [5, 5.41) is 6.64. The van der Waals surface area contributed by atoms with Crippen molar-refractivity contribution in [2.45, 2.75) is 13.5 Å². The number of nitrogens with zero attached hydrogens (tertiary/aromatic N) is 4. The molecule has 0 fully saturated rings. The van der Waals surface area contributed by atoms with E-state index in [-0.39, 0.29) is 5.69 Å². The molecule has 3 N–H and O–H groups in total. The van der Waals surface area contributed by atoms with Crippen LogP contribution in [-0.4, -0.2) is 25.7 Å². The predicted molar refractivity (Wildman–Crippen MR) is 70.0 cm³/mol. The molecule has 0 unspecified atom stereocenters. The highest BCUT2D eigenvalue weighted by Crippen LogP contribution is 2.12. The third kappa shape index (κ3) is 2.65. The summed E-state index contributed by atoms with van der Waals surface area (Å²) in [5.74, 6) is -0.0648. The molecule has 2 aromatic rings. The van der Waals surface area contributed by atoms with E-state index in [1.165, 1.54) is 12.4 Å². The molecule has 0 saturated heterocycles. The molecule has 2 rings (SSSR count). The summed E-state index contributed by atoms with van der Waals surface area (Å²) in [5.41, 5.74) is 6.22. The lowest BCUT2D eigenvalue weighted by molar-refractivity contribution is 0.102. The van der Waals surface area contributed by atoms with Crippen LogP contribution in [0.5, 0.6) is 0 Å². The normalized spacial score (nSPS) is 10.3. The van der Waals surface area contributed by atoms with E-state index >= 15 is 0 Å². The molecular formula is C10H11BrN6O. The number of aromatic nitrogens is 4. The van der Waals surface area contributed by atoms with Gasteiger partial charge in [0.2, 0.25) is 0 Å². The number of carbonyl (C=O) groups excluding carboxylic acids is 1. The first-order valence-electron chi connectivity index (χ1n) is 5.22. The molecule has 0 aromatic carbocycles. The van der Waals surface area contributed by atoms with Gasteiger partial charge in [0.05, 0.1) is 18.1 Å². The number of amides is 1. The summed E-state index contributed by atoms with van der Waals surface area (Å²) in [4.78, 5) is 19.8. The number of aryl methyl sites for hydroxylation is 1. The Bertz CT molecular complexity index is 564. The van der Waals surface area contributed by atoms with E-state index in [1.807, 2.05) is 6.92 Å². The molecule has 94 valence electrons. The quantitative estimate of drug-likeness (QED) is 0.890. The van der Waals surface area contributed by atoms with Gasteiger partial charge in [-0.3, -0.25) is 9.48 Å². The second kappa shape index (κ2) is 5.13. The molecule has 0 atom stereocenters. The van der Waals surface area contributed by atoms with Crippen LogP contribution in [0.2, 0.25) is 0 Å². The molecule has 0 spiro atoms. The van der Waals surface area contributed by atoms with Crippen molar-refractivity contribution >= 4 is 33.3 Å². The van der Waals surface area contributed by atoms with Crippen LogP contribution in [0.1, 0.15) is 17.4 Å². The molecule has 18 heavy (non-hydrogen) atoms. The van der Waals surface area contributed by atoms with E-state index < -0.39 is 5.91 Å². The van der Waals surface area contributed by atoms with Crippen LogP contribution < -0.4 is 11.1 Å². The SMILES string of the molecule is CCn1cc(N)c(C(=O)Nc2cnc(Br)cn2)n1. The topological polar surface area (TPSA) is 98.7 Å². The molecule has 0 radical (unpaired) electrons. The maximum absolute atomic E-state index is 11.9. The predicted octanol–water partition coefficient (Wildman–Crippen LogP) is 1.29. The van der Waals surface area contributed by atoms with Crippen LogP contribution in [0.3, 0.4) is 0 Å². The number of rotatable bonds is 3. The van der Waals surface area contributed by atoms with Gasteiger partial charge in [-0.15, -0.1) is 0 Å². The number of halogens is 1. The number of anilines is 2. The van der Waals surface area contributed by atoms with Gasteiger partial charge in [-0.25, -0.2) is 9.97 Å². The van der Waals surface area contributed by atoms with Crippen molar-refractivity contribution in [1.82, 2.24) is 19.7 Å². The number of nitrogens with two attached hydrogens (primary N) is 1. The van der Waals surface area contributed by atoms with Gasteiger partial charge in [0, 0.05) is 12.7 Å². The zero-order chi connectivity index (χ0) is 13.1. The first-order valence-corrected chi connectivity index (χ1v) is 6.01. The van der Waals surface area contributed by atoms with Gasteiger partial charge in [0.15, 0.2) is 11.5 Å². The number of hydrogen-bond acceptors (Lipinski definition) is 5. The third-order valence-corrected chi connectivity index (χ3v) is 2.60. The van der Waals surface area contributed by atoms with Gasteiger partial charge in [-0.1, -0.05) is 0 Å². The minimum atomic E-state index is -0.406. The van der Waals surface area contributed by atoms with E-state index in [2.05, 4.69) is 36.3 Å². The van der Waals surface area contributed by atoms with Gasteiger partial charge >= 0.3 is 0 Å². The smallest absolute Gasteiger partial charge is 0.279 e. The zero-order valence-corrected chi connectivity index (χ0v) is 11.2. The molecule has 2 aromatic heterocycles. The highest BCUT2D eigenvalue weighted by molar-refractivity contribution is 9.10. The Balaban J connectivity index is 2.16. The van der Waals surface area contributed by atoms with E-state index in [0.29, 0.717) is 22.7 Å². The van der Waals surface area contributed by atoms with Crippen molar-refractivity contribution in [1.29, 1.82) is 0 Å². The Morgan fingerprint density at radius 1 is 1.50 bits per heavy atom. The summed E-state index contributed by atoms with van der Waals surface area (Å²) in [6, 6.07) is 0. The van der Waals surface area contributed by atoms with Crippen LogP contribution >= 0.6 is 15.9 Å². The Hall–Kier alpha value is -1.96. The summed E-state index contributed by atoms with van der Waals surface area (Å²) in [6.07, 6.45) is 4.54. The van der Waals surface area contributed by atoms with E-state index in [0.717, 1.165) is 0 Å². The van der Waals surface area contributed by atoms with Crippen LogP contribution in [0.15, 0.2) is 23.2 Å². The van der Waals surface area contributed by atoms with Crippen LogP contribution in [0.25, 0.3) is 0 Å². The van der Waals surface area contributed by atoms with Crippen molar-refractivity contribution < 1.29 is 4.79 Å². The molecule has 0 aliphatic carbocycles. The van der Waals surface area contributed by atoms with Crippen LogP contribution in [-0.2, 0) is 6.54 Å². The number of carbonyl (C=O) groups is 1. The molecular weight excluding hydrogens is 300 g/mol. The molecule has 7 nitrogen and oxygen atoms in total. The Kier molecular flexibility index (Phi) is 3.56. The highest BCUT2D eigenvalue weighted by atomic mass is 79.9. The van der Waals surface area contributed by atoms with Gasteiger partial charge in [-0.05, 0) is 22.9 Å². The van der Waals surface area contributed by atoms with Crippen molar-refractivity contribution in [3.63, 3.8) is 0 Å². The molecule has 8 heteroatoms. The van der Waals surface area contributed by atoms with Crippen molar-refractivity contribution in [3.8, 4) is 0 Å². The standard InChI is InChI=1S/C10H11BrN6O/c1-2-17-5-6(12)9(16-17)10(18)15-8-4-13-7(11)3-14-8/h3-5H,2,12H2,1H3,(H,14,15,18). The average Bonchev–Trinajstić information content (AvgIpc) is 2.73. The van der Waals surface area contributed by atoms with Crippen molar-refractivity contribution in [2.75, 3.05) is 11.1 Å². The lowest BCUT2D eigenvalue weighted by Crippen LogP contribution is -2.15. The third-order valence-electron chi connectivity index (χ3n) is 2.19. The summed E-state index contributed by atoms with van der Waals surface area (Å²) >= 11 is 3.16. The zero-order valence-electron chi connectivity index (χ0n) is 9.59. The maximum Gasteiger partial charge on any atom is 0.279 e. The monoisotopic (exact) mass is 310 g/mol. The summed E-state index contributed by atoms with van der Waals surface area (Å²) in [7, 11) is 0. The number of nitrogens with one attached hydrogen (secondary N) is 1. The largest absolute Gasteiger partial charge is 0.396 e. The van der Waals surface area contributed by atoms with Crippen LogP contribution in [0, 0.1) is 0 Å². The Morgan fingerprint density at radius 3 is 2.83 bits per heavy atom. The lowest BCUT2D eigenvalue weighted by atomic mass is 10.3. The molecule has 2 heterocycles. The fraction of sp³-hybridized carbons (Fsp3) is 0.200. The highest BCUT2D eigenvalue weighted by Gasteiger charge is 2.15. The maximum atomic E-state index is 11.9. The molecule has 0 aliphatic rings. The van der Waals surface area contributed by atoms with Gasteiger partial charge in [0.25, 0.3) is 5.91 Å². The lowest BCUT2D eigenvalue weighted by Gasteiger charge is -2.02. The number of nitrogen functional groups attached to an aromatic ring is 1. The average molecular weight is 311 g/mol. The van der Waals surface area contributed by atoms with Gasteiger partial charge in [0.1, 0.15) is 4.60 Å². The molecule has 0 aliphatic heterocycles. The minimum absolute atomic E-state index is 0.182. The summed E-state index contributed by atoms with van der Waals surface area (Å²) < 4.78 is 2.19. The Morgan fingerprint density at radius 2 is 2.28 bits per heavy atom. The first kappa shape index (κ1) is 12.5. The fourth-order valence-electron chi connectivity index (χ4n) is 1.33. The molecule has 1 amide bonds. The van der Waals surface area contributed by atoms with E-state index in [4.69, 9.17) is 5.73 Å². The van der Waals surface area contributed by atoms with Gasteiger partial charge in [-0.2, -0.15) is 5.10 Å². The number of hydrogen-bond donors (Lipinski definition) is 2. The summed E-state index contributed by atoms with van der Waals surface area (Å²) in [6.45, 7) is 2.56. The minimum Gasteiger partial charge on any atom is -0.396 e.